The summed E-state index contributed by atoms with van der Waals surface area (Å²) in [5.41, 5.74) is 3.49. The number of benzene rings is 3. The van der Waals surface area contributed by atoms with Gasteiger partial charge in [-0.15, -0.1) is 10.2 Å². The van der Waals surface area contributed by atoms with Crippen molar-refractivity contribution in [3.05, 3.63) is 83.9 Å². The van der Waals surface area contributed by atoms with Crippen LogP contribution in [0.1, 0.15) is 30.0 Å². The second-order valence-corrected chi connectivity index (χ2v) is 7.54. The maximum absolute atomic E-state index is 12.6. The minimum Gasteiger partial charge on any atom is -0.464 e. The van der Waals surface area contributed by atoms with Gasteiger partial charge in [-0.1, -0.05) is 48.0 Å². The second kappa shape index (κ2) is 7.72. The molecule has 0 bridgehead atoms. The standard InChI is InChI=1S/C25H20N2O4/c1-15-7-9-18(10-8-15)25-27-26-24(31-25)16(2)30-22(28)13-19-14-29-21-12-11-17-5-3-4-6-20(17)23(19)21/h3-12,14,16H,13H2,1-2H3/t16-/m1/s1. The zero-order valence-electron chi connectivity index (χ0n) is 17.2. The molecule has 0 saturated heterocycles. The molecular formula is C25H20N2O4. The van der Waals surface area contributed by atoms with Crippen LogP contribution in [0.4, 0.5) is 0 Å². The molecule has 6 nitrogen and oxygen atoms in total. The first-order valence-electron chi connectivity index (χ1n) is 10.1. The molecule has 3 aromatic carbocycles. The van der Waals surface area contributed by atoms with E-state index in [2.05, 4.69) is 10.2 Å². The highest BCUT2D eigenvalue weighted by atomic mass is 16.6. The van der Waals surface area contributed by atoms with E-state index >= 15 is 0 Å². The molecule has 0 amide bonds. The zero-order valence-corrected chi connectivity index (χ0v) is 17.2. The molecule has 154 valence electrons. The van der Waals surface area contributed by atoms with Crippen molar-refractivity contribution >= 4 is 27.7 Å². The Morgan fingerprint density at radius 3 is 2.68 bits per heavy atom. The van der Waals surface area contributed by atoms with E-state index in [0.29, 0.717) is 5.89 Å². The average Bonchev–Trinajstić information content (AvgIpc) is 3.42. The first-order chi connectivity index (χ1) is 15.1. The molecule has 0 aliphatic rings. The number of nitrogens with zero attached hydrogens (tertiary/aromatic N) is 2. The first-order valence-corrected chi connectivity index (χ1v) is 10.1. The fourth-order valence-corrected chi connectivity index (χ4v) is 3.66. The number of hydrogen-bond acceptors (Lipinski definition) is 6. The summed E-state index contributed by atoms with van der Waals surface area (Å²) in [6, 6.07) is 19.7. The third-order valence-corrected chi connectivity index (χ3v) is 5.27. The van der Waals surface area contributed by atoms with Crippen LogP contribution in [0.2, 0.25) is 0 Å². The third kappa shape index (κ3) is 3.68. The molecule has 0 unspecified atom stereocenters. The number of ether oxygens (including phenoxy) is 1. The maximum Gasteiger partial charge on any atom is 0.311 e. The molecule has 0 fully saturated rings. The summed E-state index contributed by atoms with van der Waals surface area (Å²) in [5.74, 6) is 0.259. The van der Waals surface area contributed by atoms with Gasteiger partial charge in [-0.05, 0) is 42.8 Å². The Balaban J connectivity index is 1.33. The number of carbonyl (C=O) groups is 1. The Hall–Kier alpha value is -3.93. The SMILES string of the molecule is Cc1ccc(-c2nnc([C@@H](C)OC(=O)Cc3coc4ccc5ccccc5c34)o2)cc1. The van der Waals surface area contributed by atoms with E-state index in [9.17, 15) is 4.79 Å². The lowest BCUT2D eigenvalue weighted by Gasteiger charge is -2.09. The molecule has 5 aromatic rings. The number of aromatic nitrogens is 2. The number of esters is 1. The van der Waals surface area contributed by atoms with Crippen molar-refractivity contribution in [2.45, 2.75) is 26.4 Å². The van der Waals surface area contributed by atoms with Crippen LogP contribution in [-0.2, 0) is 16.0 Å². The third-order valence-electron chi connectivity index (χ3n) is 5.27. The lowest BCUT2D eigenvalue weighted by Crippen LogP contribution is -2.11. The molecule has 0 saturated carbocycles. The quantitative estimate of drug-likeness (QED) is 0.340. The van der Waals surface area contributed by atoms with Crippen LogP contribution in [0.3, 0.4) is 0 Å². The molecule has 0 N–H and O–H groups in total. The van der Waals surface area contributed by atoms with E-state index < -0.39 is 12.1 Å². The summed E-state index contributed by atoms with van der Waals surface area (Å²) < 4.78 is 16.9. The van der Waals surface area contributed by atoms with Gasteiger partial charge in [0.2, 0.25) is 5.89 Å². The number of fused-ring (bicyclic) bond motifs is 3. The van der Waals surface area contributed by atoms with Crippen molar-refractivity contribution in [1.82, 2.24) is 10.2 Å². The topological polar surface area (TPSA) is 78.4 Å². The van der Waals surface area contributed by atoms with Crippen LogP contribution < -0.4 is 0 Å². The lowest BCUT2D eigenvalue weighted by molar-refractivity contribution is -0.148. The summed E-state index contributed by atoms with van der Waals surface area (Å²) in [4.78, 5) is 12.6. The number of hydrogen-bond donors (Lipinski definition) is 0. The van der Waals surface area contributed by atoms with Gasteiger partial charge in [0.1, 0.15) is 5.58 Å². The maximum atomic E-state index is 12.6. The molecule has 1 atom stereocenters. The molecule has 0 aliphatic heterocycles. The summed E-state index contributed by atoms with van der Waals surface area (Å²) in [6.45, 7) is 3.73. The molecule has 31 heavy (non-hydrogen) atoms. The summed E-state index contributed by atoms with van der Waals surface area (Å²) >= 11 is 0. The van der Waals surface area contributed by atoms with E-state index in [0.717, 1.165) is 38.4 Å². The van der Waals surface area contributed by atoms with Crippen molar-refractivity contribution < 1.29 is 18.4 Å². The van der Waals surface area contributed by atoms with E-state index in [1.807, 2.05) is 67.6 Å². The van der Waals surface area contributed by atoms with Crippen molar-refractivity contribution in [3.8, 4) is 11.5 Å². The predicted octanol–water partition coefficient (Wildman–Crippen LogP) is 5.79. The molecule has 2 heterocycles. The van der Waals surface area contributed by atoms with Gasteiger partial charge >= 0.3 is 5.97 Å². The Kier molecular flexibility index (Phi) is 4.75. The van der Waals surface area contributed by atoms with Gasteiger partial charge in [-0.3, -0.25) is 4.79 Å². The van der Waals surface area contributed by atoms with Crippen LogP contribution in [0, 0.1) is 6.92 Å². The van der Waals surface area contributed by atoms with Crippen molar-refractivity contribution in [1.29, 1.82) is 0 Å². The van der Waals surface area contributed by atoms with E-state index in [1.54, 1.807) is 13.2 Å². The molecular weight excluding hydrogens is 392 g/mol. The summed E-state index contributed by atoms with van der Waals surface area (Å²) in [6.07, 6.45) is 1.05. The molecule has 0 aliphatic carbocycles. The van der Waals surface area contributed by atoms with Crippen LogP contribution in [-0.4, -0.2) is 16.2 Å². The monoisotopic (exact) mass is 412 g/mol. The Bertz CT molecular complexity index is 1380. The Labute approximate surface area is 178 Å². The fourth-order valence-electron chi connectivity index (χ4n) is 3.66. The highest BCUT2D eigenvalue weighted by Crippen LogP contribution is 2.31. The normalized spacial score (nSPS) is 12.3. The van der Waals surface area contributed by atoms with Gasteiger partial charge < -0.3 is 13.6 Å². The minimum absolute atomic E-state index is 0.0876. The number of aryl methyl sites for hydroxylation is 1. The molecule has 0 radical (unpaired) electrons. The van der Waals surface area contributed by atoms with Crippen LogP contribution >= 0.6 is 0 Å². The van der Waals surface area contributed by atoms with E-state index in [1.165, 1.54) is 0 Å². The molecule has 2 aromatic heterocycles. The van der Waals surface area contributed by atoms with Crippen LogP contribution in [0.5, 0.6) is 0 Å². The Morgan fingerprint density at radius 2 is 1.84 bits per heavy atom. The largest absolute Gasteiger partial charge is 0.464 e. The summed E-state index contributed by atoms with van der Waals surface area (Å²) in [7, 11) is 0. The second-order valence-electron chi connectivity index (χ2n) is 7.54. The molecule has 6 heteroatoms. The van der Waals surface area contributed by atoms with Crippen LogP contribution in [0.25, 0.3) is 33.2 Å². The average molecular weight is 412 g/mol. The Morgan fingerprint density at radius 1 is 1.03 bits per heavy atom. The lowest BCUT2D eigenvalue weighted by atomic mass is 10.0. The van der Waals surface area contributed by atoms with Gasteiger partial charge in [-0.25, -0.2) is 0 Å². The van der Waals surface area contributed by atoms with Crippen LogP contribution in [0.15, 0.2) is 75.8 Å². The van der Waals surface area contributed by atoms with Gasteiger partial charge in [0.15, 0.2) is 6.10 Å². The van der Waals surface area contributed by atoms with Gasteiger partial charge in [0, 0.05) is 16.5 Å². The van der Waals surface area contributed by atoms with E-state index in [4.69, 9.17) is 13.6 Å². The molecule has 5 rings (SSSR count). The highest BCUT2D eigenvalue weighted by molar-refractivity contribution is 6.08. The number of carbonyl (C=O) groups excluding carboxylic acids is 1. The summed E-state index contributed by atoms with van der Waals surface area (Å²) in [5, 5.41) is 11.2. The highest BCUT2D eigenvalue weighted by Gasteiger charge is 2.21. The molecule has 0 spiro atoms. The van der Waals surface area contributed by atoms with Crippen molar-refractivity contribution in [2.75, 3.05) is 0 Å². The smallest absolute Gasteiger partial charge is 0.311 e. The predicted molar refractivity (Wildman–Crippen MR) is 116 cm³/mol. The number of furan rings is 1. The minimum atomic E-state index is -0.658. The van der Waals surface area contributed by atoms with Crippen molar-refractivity contribution in [3.63, 3.8) is 0 Å². The van der Waals surface area contributed by atoms with Gasteiger partial charge in [-0.2, -0.15) is 0 Å². The zero-order chi connectivity index (χ0) is 21.4. The number of rotatable bonds is 5. The van der Waals surface area contributed by atoms with Gasteiger partial charge in [0.25, 0.3) is 5.89 Å². The van der Waals surface area contributed by atoms with E-state index in [-0.39, 0.29) is 12.3 Å². The fraction of sp³-hybridized carbons (Fsp3) is 0.160. The van der Waals surface area contributed by atoms with Crippen molar-refractivity contribution in [2.24, 2.45) is 0 Å². The first kappa shape index (κ1) is 19.1. The van der Waals surface area contributed by atoms with Gasteiger partial charge in [0.05, 0.1) is 12.7 Å².